The third-order valence-corrected chi connectivity index (χ3v) is 7.51. The predicted octanol–water partition coefficient (Wildman–Crippen LogP) is 14.3. The van der Waals surface area contributed by atoms with Gasteiger partial charge >= 0.3 is 6.18 Å². The van der Waals surface area contributed by atoms with Crippen molar-refractivity contribution in [2.45, 2.75) is 133 Å². The van der Waals surface area contributed by atoms with Crippen molar-refractivity contribution < 1.29 is 22.4 Å². The van der Waals surface area contributed by atoms with Crippen molar-refractivity contribution in [1.82, 2.24) is 0 Å². The molecule has 0 amide bonds. The standard InChI is InChI=1S/C20H20FNO.C9H9F3.C7H16.C6H14/c1-13(16(4)23)11-15(3)22-20-10-7-18(12-14(20)2)17-5-8-19(21)9-6-17;1-2-7-3-5-8(6-4-7)9(10,11)12;1-3-5-7-6-4-2;1-3-5-6-4-2/h5-12H,1-4H3;3-6H,2H2,1H3;3-7H2,1-2H3;3-6H2,1-2H3/b13-11+,22-15?;;;. The molecule has 0 N–H and O–H groups in total. The highest BCUT2D eigenvalue weighted by Gasteiger charge is 2.29. The molecule has 0 saturated carbocycles. The van der Waals surface area contributed by atoms with E-state index in [4.69, 9.17) is 0 Å². The zero-order valence-electron chi connectivity index (χ0n) is 30.9. The fourth-order valence-electron chi connectivity index (χ4n) is 4.35. The molecule has 0 unspecified atom stereocenters. The summed E-state index contributed by atoms with van der Waals surface area (Å²) in [6, 6.07) is 17.6. The minimum absolute atomic E-state index is 0.0444. The van der Waals surface area contributed by atoms with E-state index in [1.165, 1.54) is 82.1 Å². The molecule has 6 heteroatoms. The lowest BCUT2D eigenvalue weighted by Gasteiger charge is -2.06. The van der Waals surface area contributed by atoms with Crippen LogP contribution in [0.4, 0.5) is 23.2 Å². The Morgan fingerprint density at radius 1 is 0.688 bits per heavy atom. The summed E-state index contributed by atoms with van der Waals surface area (Å²) in [6.07, 6.45) is 10.9. The van der Waals surface area contributed by atoms with Crippen molar-refractivity contribution in [1.29, 1.82) is 0 Å². The second-order valence-electron chi connectivity index (χ2n) is 12.0. The number of aryl methyl sites for hydroxylation is 2. The summed E-state index contributed by atoms with van der Waals surface area (Å²) < 4.78 is 49.1. The van der Waals surface area contributed by atoms with Gasteiger partial charge in [0.15, 0.2) is 5.78 Å². The molecule has 0 fully saturated rings. The predicted molar refractivity (Wildman–Crippen MR) is 199 cm³/mol. The van der Waals surface area contributed by atoms with E-state index in [2.05, 4.69) is 32.7 Å². The van der Waals surface area contributed by atoms with Crippen LogP contribution in [0.15, 0.2) is 83.4 Å². The highest BCUT2D eigenvalue weighted by atomic mass is 19.4. The van der Waals surface area contributed by atoms with E-state index in [9.17, 15) is 22.4 Å². The summed E-state index contributed by atoms with van der Waals surface area (Å²) in [7, 11) is 0. The van der Waals surface area contributed by atoms with Crippen molar-refractivity contribution in [3.63, 3.8) is 0 Å². The number of hydrogen-bond donors (Lipinski definition) is 0. The largest absolute Gasteiger partial charge is 0.416 e. The van der Waals surface area contributed by atoms with Crippen LogP contribution in [0.25, 0.3) is 11.1 Å². The molecule has 266 valence electrons. The molecule has 0 aromatic heterocycles. The molecule has 0 aliphatic rings. The molecule has 3 aromatic carbocycles. The number of allylic oxidation sites excluding steroid dienone is 2. The molecule has 3 rings (SSSR count). The molecule has 3 aromatic rings. The van der Waals surface area contributed by atoms with Gasteiger partial charge in [-0.3, -0.25) is 9.79 Å². The number of alkyl halides is 3. The molecule has 2 nitrogen and oxygen atoms in total. The summed E-state index contributed by atoms with van der Waals surface area (Å²) in [4.78, 5) is 15.8. The second-order valence-corrected chi connectivity index (χ2v) is 12.0. The fourth-order valence-corrected chi connectivity index (χ4v) is 4.35. The minimum atomic E-state index is -4.22. The summed E-state index contributed by atoms with van der Waals surface area (Å²) in [5.74, 6) is -0.196. The lowest BCUT2D eigenvalue weighted by molar-refractivity contribution is -0.137. The van der Waals surface area contributed by atoms with Gasteiger partial charge in [0, 0.05) is 5.71 Å². The van der Waals surface area contributed by atoms with Gasteiger partial charge in [-0.15, -0.1) is 0 Å². The Kier molecular flexibility index (Phi) is 23.6. The van der Waals surface area contributed by atoms with Crippen molar-refractivity contribution in [2.24, 2.45) is 4.99 Å². The van der Waals surface area contributed by atoms with Gasteiger partial charge in [-0.1, -0.05) is 123 Å². The highest BCUT2D eigenvalue weighted by Crippen LogP contribution is 2.29. The van der Waals surface area contributed by atoms with Crippen LogP contribution in [-0.2, 0) is 17.4 Å². The van der Waals surface area contributed by atoms with Crippen LogP contribution in [0.1, 0.15) is 130 Å². The van der Waals surface area contributed by atoms with E-state index in [1.54, 1.807) is 32.1 Å². The first-order valence-corrected chi connectivity index (χ1v) is 17.5. The Bertz CT molecular complexity index is 1350. The zero-order chi connectivity index (χ0) is 36.5. The van der Waals surface area contributed by atoms with Crippen molar-refractivity contribution >= 4 is 17.2 Å². The number of halogens is 4. The van der Waals surface area contributed by atoms with Crippen LogP contribution < -0.4 is 0 Å². The van der Waals surface area contributed by atoms with Crippen molar-refractivity contribution in [3.8, 4) is 11.1 Å². The van der Waals surface area contributed by atoms with Crippen LogP contribution in [-0.4, -0.2) is 11.5 Å². The number of carbonyl (C=O) groups excluding carboxylic acids is 1. The Labute approximate surface area is 288 Å². The van der Waals surface area contributed by atoms with Crippen molar-refractivity contribution in [3.05, 3.63) is 101 Å². The Hall–Kier alpha value is -3.54. The third-order valence-electron chi connectivity index (χ3n) is 7.51. The third kappa shape index (κ3) is 20.0. The Morgan fingerprint density at radius 3 is 1.58 bits per heavy atom. The number of hydrogen-bond acceptors (Lipinski definition) is 2. The van der Waals surface area contributed by atoms with Gasteiger partial charge in [-0.2, -0.15) is 13.2 Å². The Morgan fingerprint density at radius 2 is 1.17 bits per heavy atom. The molecule has 0 saturated heterocycles. The van der Waals surface area contributed by atoms with Crippen LogP contribution in [0.2, 0.25) is 0 Å². The molecule has 0 bridgehead atoms. The lowest BCUT2D eigenvalue weighted by Crippen LogP contribution is -2.04. The van der Waals surface area contributed by atoms with E-state index in [0.717, 1.165) is 52.2 Å². The van der Waals surface area contributed by atoms with E-state index >= 15 is 0 Å². The van der Waals surface area contributed by atoms with Gasteiger partial charge in [0.2, 0.25) is 0 Å². The number of aliphatic imine (C=N–C) groups is 1. The molecule has 0 aliphatic heterocycles. The number of ketones is 1. The van der Waals surface area contributed by atoms with E-state index < -0.39 is 11.7 Å². The first kappa shape index (κ1) is 44.5. The molecule has 0 spiro atoms. The first-order valence-electron chi connectivity index (χ1n) is 17.5. The fraction of sp³-hybridized carbons (Fsp3) is 0.476. The molecule has 0 aliphatic carbocycles. The van der Waals surface area contributed by atoms with Crippen LogP contribution in [0.5, 0.6) is 0 Å². The average molecular weight is 670 g/mol. The number of rotatable bonds is 12. The lowest BCUT2D eigenvalue weighted by atomic mass is 10.0. The topological polar surface area (TPSA) is 29.4 Å². The number of nitrogens with zero attached hydrogens (tertiary/aromatic N) is 1. The van der Waals surface area contributed by atoms with Crippen LogP contribution in [0.3, 0.4) is 0 Å². The molecule has 0 radical (unpaired) electrons. The quantitative estimate of drug-likeness (QED) is 0.0817. The molecule has 48 heavy (non-hydrogen) atoms. The van der Waals surface area contributed by atoms with Gasteiger partial charge in [-0.05, 0) is 104 Å². The van der Waals surface area contributed by atoms with E-state index in [1.807, 2.05) is 39.0 Å². The van der Waals surface area contributed by atoms with Gasteiger partial charge in [0.1, 0.15) is 5.82 Å². The average Bonchev–Trinajstić information content (AvgIpc) is 3.06. The smallest absolute Gasteiger partial charge is 0.295 e. The SMILES string of the molecule is CC(=O)/C(C)=C/C(C)=Nc1ccc(-c2ccc(F)cc2)cc1C.CCCCCC.CCCCCCC.CCc1ccc(C(F)(F)F)cc1. The molecular weight excluding hydrogens is 610 g/mol. The maximum absolute atomic E-state index is 13.0. The van der Waals surface area contributed by atoms with E-state index in [0.29, 0.717) is 5.57 Å². The van der Waals surface area contributed by atoms with Gasteiger partial charge in [0.05, 0.1) is 11.3 Å². The van der Waals surface area contributed by atoms with Crippen molar-refractivity contribution in [2.75, 3.05) is 0 Å². The Balaban J connectivity index is 0.000000733. The highest BCUT2D eigenvalue weighted by molar-refractivity contribution is 6.03. The van der Waals surface area contributed by atoms with Gasteiger partial charge in [-0.25, -0.2) is 4.39 Å². The molecular formula is C42H59F4NO. The monoisotopic (exact) mass is 669 g/mol. The maximum atomic E-state index is 13.0. The second kappa shape index (κ2) is 25.5. The zero-order valence-corrected chi connectivity index (χ0v) is 30.9. The maximum Gasteiger partial charge on any atom is 0.416 e. The number of benzene rings is 3. The molecule has 0 heterocycles. The van der Waals surface area contributed by atoms with Crippen LogP contribution >= 0.6 is 0 Å². The normalized spacial score (nSPS) is 11.4. The summed E-state index contributed by atoms with van der Waals surface area (Å²) in [5.41, 5.74) is 5.69. The first-order chi connectivity index (χ1) is 22.7. The molecule has 0 atom stereocenters. The van der Waals surface area contributed by atoms with Crippen LogP contribution in [0, 0.1) is 12.7 Å². The van der Waals surface area contributed by atoms with Gasteiger partial charge < -0.3 is 0 Å². The minimum Gasteiger partial charge on any atom is -0.295 e. The summed E-state index contributed by atoms with van der Waals surface area (Å²) in [6.45, 7) is 18.0. The van der Waals surface area contributed by atoms with E-state index in [-0.39, 0.29) is 11.6 Å². The summed E-state index contributed by atoms with van der Waals surface area (Å²) in [5, 5.41) is 0. The number of unbranched alkanes of at least 4 members (excludes halogenated alkanes) is 7. The number of Topliss-reactive ketones (excluding diaryl/α,β-unsaturated/α-hetero) is 1. The summed E-state index contributed by atoms with van der Waals surface area (Å²) >= 11 is 0. The number of carbonyl (C=O) groups is 1. The van der Waals surface area contributed by atoms with Gasteiger partial charge in [0.25, 0.3) is 0 Å².